The van der Waals surface area contributed by atoms with Crippen molar-refractivity contribution in [3.63, 3.8) is 0 Å². The zero-order valence-corrected chi connectivity index (χ0v) is 20.3. The number of hydrogen-bond donors (Lipinski definition) is 1. The van der Waals surface area contributed by atoms with Crippen LogP contribution in [-0.4, -0.2) is 53.4 Å². The van der Waals surface area contributed by atoms with Crippen LogP contribution in [-0.2, 0) is 11.3 Å². The number of benzene rings is 1. The molecule has 0 aliphatic carbocycles. The van der Waals surface area contributed by atoms with Gasteiger partial charge in [0.15, 0.2) is 5.96 Å². The van der Waals surface area contributed by atoms with Gasteiger partial charge in [0.05, 0.1) is 19.3 Å². The van der Waals surface area contributed by atoms with Gasteiger partial charge in [-0.15, -0.1) is 24.0 Å². The lowest BCUT2D eigenvalue weighted by molar-refractivity contribution is -0.00833. The summed E-state index contributed by atoms with van der Waals surface area (Å²) < 4.78 is 8.08. The van der Waals surface area contributed by atoms with Crippen LogP contribution < -0.4 is 5.32 Å². The predicted molar refractivity (Wildman–Crippen MR) is 129 cm³/mol. The number of nitrogens with one attached hydrogen (secondary N) is 1. The van der Waals surface area contributed by atoms with Crippen LogP contribution in [0, 0.1) is 20.8 Å². The van der Waals surface area contributed by atoms with E-state index in [1.807, 2.05) is 10.9 Å². The van der Waals surface area contributed by atoms with Gasteiger partial charge in [-0.25, -0.2) is 0 Å². The Balaban J connectivity index is 0.00000300. The quantitative estimate of drug-likeness (QED) is 0.277. The average Bonchev–Trinajstić information content (AvgIpc) is 3.09. The summed E-state index contributed by atoms with van der Waals surface area (Å²) in [6.45, 7) is 13.4. The second-order valence-electron chi connectivity index (χ2n) is 7.54. The summed E-state index contributed by atoms with van der Waals surface area (Å²) in [5, 5.41) is 7.79. The van der Waals surface area contributed by atoms with Gasteiger partial charge < -0.3 is 15.0 Å². The number of rotatable bonds is 6. The van der Waals surface area contributed by atoms with E-state index in [9.17, 15) is 0 Å². The molecule has 1 atom stereocenters. The highest BCUT2D eigenvalue weighted by Gasteiger charge is 2.25. The van der Waals surface area contributed by atoms with Crippen LogP contribution in [0.1, 0.15) is 41.7 Å². The Labute approximate surface area is 191 Å². The fraction of sp³-hybridized carbons (Fsp3) is 0.545. The summed E-state index contributed by atoms with van der Waals surface area (Å²) in [4.78, 5) is 7.19. The minimum absolute atomic E-state index is 0. The molecule has 0 amide bonds. The normalized spacial score (nSPS) is 17.2. The molecular formula is C22H34IN5O. The molecule has 0 spiro atoms. The molecule has 1 unspecified atom stereocenters. The Hall–Kier alpha value is -1.61. The number of nitrogens with zero attached hydrogens (tertiary/aromatic N) is 4. The number of aryl methyl sites for hydroxylation is 4. The van der Waals surface area contributed by atoms with E-state index in [0.717, 1.165) is 51.7 Å². The highest BCUT2D eigenvalue weighted by molar-refractivity contribution is 14.0. The van der Waals surface area contributed by atoms with Gasteiger partial charge in [0, 0.05) is 32.4 Å². The Morgan fingerprint density at radius 1 is 1.28 bits per heavy atom. The number of guanidine groups is 1. The standard InChI is InChI=1S/C22H33N5O.HI/c1-5-23-22(24-9-6-10-27-15-18(3)14-25-27)26-11-12-28-21(16-26)20-8-7-17(2)13-19(20)4;/h7-8,13-15,21H,5-6,9-12,16H2,1-4H3,(H,23,24);1H. The van der Waals surface area contributed by atoms with Crippen molar-refractivity contribution in [2.24, 2.45) is 4.99 Å². The number of aliphatic imine (C=N–C) groups is 1. The van der Waals surface area contributed by atoms with E-state index < -0.39 is 0 Å². The molecule has 1 saturated heterocycles. The Morgan fingerprint density at radius 3 is 2.79 bits per heavy atom. The van der Waals surface area contributed by atoms with Crippen molar-refractivity contribution in [3.05, 3.63) is 52.8 Å². The van der Waals surface area contributed by atoms with Crippen molar-refractivity contribution < 1.29 is 4.74 Å². The van der Waals surface area contributed by atoms with Crippen LogP contribution in [0.5, 0.6) is 0 Å². The first-order chi connectivity index (χ1) is 13.6. The van der Waals surface area contributed by atoms with Crippen molar-refractivity contribution in [2.45, 2.75) is 46.8 Å². The van der Waals surface area contributed by atoms with E-state index in [1.54, 1.807) is 0 Å². The molecule has 29 heavy (non-hydrogen) atoms. The third-order valence-electron chi connectivity index (χ3n) is 5.04. The Bertz CT molecular complexity index is 804. The second-order valence-corrected chi connectivity index (χ2v) is 7.54. The smallest absolute Gasteiger partial charge is 0.194 e. The van der Waals surface area contributed by atoms with Gasteiger partial charge in [-0.2, -0.15) is 5.10 Å². The number of ether oxygens (including phenoxy) is 1. The van der Waals surface area contributed by atoms with E-state index in [-0.39, 0.29) is 30.1 Å². The van der Waals surface area contributed by atoms with E-state index in [2.05, 4.69) is 67.4 Å². The first-order valence-electron chi connectivity index (χ1n) is 10.3. The van der Waals surface area contributed by atoms with Gasteiger partial charge in [-0.3, -0.25) is 9.67 Å². The fourth-order valence-corrected chi connectivity index (χ4v) is 3.65. The van der Waals surface area contributed by atoms with Crippen LogP contribution in [0.3, 0.4) is 0 Å². The molecule has 6 nitrogen and oxygen atoms in total. The predicted octanol–water partition coefficient (Wildman–Crippen LogP) is 3.86. The molecule has 0 saturated carbocycles. The fourth-order valence-electron chi connectivity index (χ4n) is 3.65. The molecule has 3 rings (SSSR count). The SMILES string of the molecule is CCNC(=NCCCn1cc(C)cn1)N1CCOC(c2ccc(C)cc2C)C1.I. The van der Waals surface area contributed by atoms with Crippen LogP contribution in [0.2, 0.25) is 0 Å². The number of aromatic nitrogens is 2. The number of morpholine rings is 1. The minimum Gasteiger partial charge on any atom is -0.370 e. The van der Waals surface area contributed by atoms with Crippen molar-refractivity contribution in [1.82, 2.24) is 20.0 Å². The second kappa shape index (κ2) is 11.5. The van der Waals surface area contributed by atoms with Gasteiger partial charge in [0.25, 0.3) is 0 Å². The largest absolute Gasteiger partial charge is 0.370 e. The average molecular weight is 511 g/mol. The molecule has 2 heterocycles. The lowest BCUT2D eigenvalue weighted by Gasteiger charge is -2.36. The summed E-state index contributed by atoms with van der Waals surface area (Å²) in [7, 11) is 0. The van der Waals surface area contributed by atoms with E-state index >= 15 is 0 Å². The van der Waals surface area contributed by atoms with Crippen LogP contribution >= 0.6 is 24.0 Å². The lowest BCUT2D eigenvalue weighted by Crippen LogP contribution is -2.48. The maximum Gasteiger partial charge on any atom is 0.194 e. The van der Waals surface area contributed by atoms with Crippen molar-refractivity contribution in [3.8, 4) is 0 Å². The lowest BCUT2D eigenvalue weighted by atomic mass is 10.00. The third kappa shape index (κ3) is 6.70. The number of halogens is 1. The Kier molecular flexibility index (Phi) is 9.42. The summed E-state index contributed by atoms with van der Waals surface area (Å²) in [6.07, 6.45) is 5.03. The monoisotopic (exact) mass is 511 g/mol. The van der Waals surface area contributed by atoms with E-state index in [4.69, 9.17) is 9.73 Å². The van der Waals surface area contributed by atoms with Crippen molar-refractivity contribution in [1.29, 1.82) is 0 Å². The summed E-state index contributed by atoms with van der Waals surface area (Å²) in [5.41, 5.74) is 5.06. The van der Waals surface area contributed by atoms with Gasteiger partial charge in [-0.05, 0) is 50.8 Å². The first kappa shape index (κ1) is 23.7. The molecular weight excluding hydrogens is 477 g/mol. The van der Waals surface area contributed by atoms with Gasteiger partial charge in [0.2, 0.25) is 0 Å². The van der Waals surface area contributed by atoms with E-state index in [1.165, 1.54) is 22.3 Å². The van der Waals surface area contributed by atoms with Crippen LogP contribution in [0.4, 0.5) is 0 Å². The highest BCUT2D eigenvalue weighted by Crippen LogP contribution is 2.25. The highest BCUT2D eigenvalue weighted by atomic mass is 127. The summed E-state index contributed by atoms with van der Waals surface area (Å²) in [6, 6.07) is 6.60. The zero-order chi connectivity index (χ0) is 19.9. The van der Waals surface area contributed by atoms with Crippen molar-refractivity contribution >= 4 is 29.9 Å². The molecule has 7 heteroatoms. The molecule has 1 fully saturated rings. The van der Waals surface area contributed by atoms with E-state index in [0.29, 0.717) is 0 Å². The number of hydrogen-bond acceptors (Lipinski definition) is 3. The van der Waals surface area contributed by atoms with Gasteiger partial charge in [0.1, 0.15) is 6.10 Å². The summed E-state index contributed by atoms with van der Waals surface area (Å²) >= 11 is 0. The molecule has 1 aromatic heterocycles. The first-order valence-corrected chi connectivity index (χ1v) is 10.3. The molecule has 1 aliphatic heterocycles. The summed E-state index contributed by atoms with van der Waals surface area (Å²) in [5.74, 6) is 0.984. The minimum atomic E-state index is 0. The Morgan fingerprint density at radius 2 is 2.10 bits per heavy atom. The van der Waals surface area contributed by atoms with Crippen LogP contribution in [0.25, 0.3) is 0 Å². The molecule has 2 aromatic rings. The molecule has 0 bridgehead atoms. The maximum atomic E-state index is 6.09. The van der Waals surface area contributed by atoms with Crippen molar-refractivity contribution in [2.75, 3.05) is 32.8 Å². The van der Waals surface area contributed by atoms with Gasteiger partial charge >= 0.3 is 0 Å². The maximum absolute atomic E-state index is 6.09. The zero-order valence-electron chi connectivity index (χ0n) is 18.0. The third-order valence-corrected chi connectivity index (χ3v) is 5.04. The molecule has 160 valence electrons. The molecule has 1 aliphatic rings. The molecule has 0 radical (unpaired) electrons. The van der Waals surface area contributed by atoms with Crippen LogP contribution in [0.15, 0.2) is 35.6 Å². The molecule has 1 N–H and O–H groups in total. The molecule has 1 aromatic carbocycles. The van der Waals surface area contributed by atoms with Gasteiger partial charge in [-0.1, -0.05) is 23.8 Å². The topological polar surface area (TPSA) is 54.7 Å².